The maximum atomic E-state index is 11.6. The normalized spacial score (nSPS) is 19.2. The standard InChI is InChI=1S/C27H38N2O3/c1-21(23-9-5-4-6-10-23)28-18-19-29(24-13-15-26(31-2)16-14-24)25-11-7-8-22(20-25)12-17-27(30)32-3/h4-6,9-10,13-16,21-22,25,28H,7-8,11-12,17-20H2,1-3H3/t21?,22-,25+/m0/s1. The van der Waals surface area contributed by atoms with E-state index in [9.17, 15) is 4.79 Å². The van der Waals surface area contributed by atoms with Gasteiger partial charge in [0.15, 0.2) is 0 Å². The molecule has 2 aromatic carbocycles. The highest BCUT2D eigenvalue weighted by Crippen LogP contribution is 2.33. The Hall–Kier alpha value is -2.53. The summed E-state index contributed by atoms with van der Waals surface area (Å²) in [5.41, 5.74) is 2.54. The number of ether oxygens (including phenoxy) is 2. The van der Waals surface area contributed by atoms with E-state index in [4.69, 9.17) is 9.47 Å². The predicted octanol–water partition coefficient (Wildman–Crippen LogP) is 5.36. The lowest BCUT2D eigenvalue weighted by Gasteiger charge is -2.39. The quantitative estimate of drug-likeness (QED) is 0.478. The number of methoxy groups -OCH3 is 2. The van der Waals surface area contributed by atoms with Gasteiger partial charge < -0.3 is 19.7 Å². The van der Waals surface area contributed by atoms with Gasteiger partial charge in [-0.1, -0.05) is 43.2 Å². The Kier molecular flexibility index (Phi) is 9.42. The third-order valence-electron chi connectivity index (χ3n) is 6.69. The van der Waals surface area contributed by atoms with Crippen molar-refractivity contribution >= 4 is 11.7 Å². The van der Waals surface area contributed by atoms with Crippen molar-refractivity contribution in [3.8, 4) is 5.75 Å². The number of carbonyl (C=O) groups is 1. The molecule has 5 heteroatoms. The monoisotopic (exact) mass is 438 g/mol. The zero-order valence-corrected chi connectivity index (χ0v) is 19.8. The Morgan fingerprint density at radius 3 is 2.53 bits per heavy atom. The van der Waals surface area contributed by atoms with E-state index in [1.165, 1.54) is 37.6 Å². The summed E-state index contributed by atoms with van der Waals surface area (Å²) in [7, 11) is 3.18. The van der Waals surface area contributed by atoms with Gasteiger partial charge in [0.2, 0.25) is 0 Å². The topological polar surface area (TPSA) is 50.8 Å². The molecule has 0 aromatic heterocycles. The van der Waals surface area contributed by atoms with Crippen LogP contribution in [0.3, 0.4) is 0 Å². The maximum absolute atomic E-state index is 11.6. The number of benzene rings is 2. The van der Waals surface area contributed by atoms with Gasteiger partial charge in [0.25, 0.3) is 0 Å². The highest BCUT2D eigenvalue weighted by Gasteiger charge is 2.27. The minimum atomic E-state index is -0.0989. The van der Waals surface area contributed by atoms with E-state index in [0.29, 0.717) is 24.4 Å². The van der Waals surface area contributed by atoms with Gasteiger partial charge in [-0.05, 0) is 61.9 Å². The molecule has 0 saturated heterocycles. The van der Waals surface area contributed by atoms with Gasteiger partial charge in [-0.3, -0.25) is 4.79 Å². The molecule has 0 spiro atoms. The first-order valence-electron chi connectivity index (χ1n) is 11.9. The minimum absolute atomic E-state index is 0.0989. The molecule has 0 amide bonds. The lowest BCUT2D eigenvalue weighted by atomic mass is 9.82. The molecule has 174 valence electrons. The number of nitrogens with one attached hydrogen (secondary N) is 1. The fourth-order valence-electron chi connectivity index (χ4n) is 4.79. The van der Waals surface area contributed by atoms with E-state index in [1.54, 1.807) is 7.11 Å². The number of hydrogen-bond donors (Lipinski definition) is 1. The van der Waals surface area contributed by atoms with Crippen LogP contribution in [0.15, 0.2) is 54.6 Å². The van der Waals surface area contributed by atoms with E-state index in [0.717, 1.165) is 31.7 Å². The fourth-order valence-corrected chi connectivity index (χ4v) is 4.79. The molecule has 2 aromatic rings. The van der Waals surface area contributed by atoms with Crippen LogP contribution in [0.4, 0.5) is 5.69 Å². The van der Waals surface area contributed by atoms with Crippen LogP contribution in [0.2, 0.25) is 0 Å². The fraction of sp³-hybridized carbons (Fsp3) is 0.519. The molecular formula is C27H38N2O3. The Labute approximate surface area is 193 Å². The van der Waals surface area contributed by atoms with Crippen LogP contribution in [0.1, 0.15) is 57.1 Å². The number of carbonyl (C=O) groups excluding carboxylic acids is 1. The van der Waals surface area contributed by atoms with Gasteiger partial charge in [0.05, 0.1) is 14.2 Å². The summed E-state index contributed by atoms with van der Waals surface area (Å²) >= 11 is 0. The summed E-state index contributed by atoms with van der Waals surface area (Å²) in [6.07, 6.45) is 6.16. The van der Waals surface area contributed by atoms with Crippen LogP contribution in [-0.4, -0.2) is 39.3 Å². The molecule has 1 aliphatic carbocycles. The molecule has 5 nitrogen and oxygen atoms in total. The van der Waals surface area contributed by atoms with E-state index in [1.807, 2.05) is 12.1 Å². The van der Waals surface area contributed by atoms with Gasteiger partial charge in [0.1, 0.15) is 5.75 Å². The van der Waals surface area contributed by atoms with Gasteiger partial charge >= 0.3 is 5.97 Å². The van der Waals surface area contributed by atoms with Gasteiger partial charge in [0, 0.05) is 37.3 Å². The molecule has 32 heavy (non-hydrogen) atoms. The summed E-state index contributed by atoms with van der Waals surface area (Å²) in [4.78, 5) is 14.2. The Bertz CT molecular complexity index is 809. The molecule has 0 radical (unpaired) electrons. The highest BCUT2D eigenvalue weighted by atomic mass is 16.5. The Morgan fingerprint density at radius 1 is 1.09 bits per heavy atom. The van der Waals surface area contributed by atoms with Crippen molar-refractivity contribution in [2.45, 2.75) is 57.5 Å². The van der Waals surface area contributed by atoms with E-state index >= 15 is 0 Å². The van der Waals surface area contributed by atoms with Crippen molar-refractivity contribution in [3.05, 3.63) is 60.2 Å². The summed E-state index contributed by atoms with van der Waals surface area (Å²) in [5.74, 6) is 1.35. The molecule has 3 atom stereocenters. The predicted molar refractivity (Wildman–Crippen MR) is 130 cm³/mol. The second-order valence-corrected chi connectivity index (χ2v) is 8.78. The van der Waals surface area contributed by atoms with Crippen molar-refractivity contribution < 1.29 is 14.3 Å². The number of nitrogens with zero attached hydrogens (tertiary/aromatic N) is 1. The molecule has 1 aliphatic rings. The second-order valence-electron chi connectivity index (χ2n) is 8.78. The average Bonchev–Trinajstić information content (AvgIpc) is 2.86. The minimum Gasteiger partial charge on any atom is -0.497 e. The molecule has 0 aliphatic heterocycles. The van der Waals surface area contributed by atoms with Crippen molar-refractivity contribution in [1.82, 2.24) is 5.32 Å². The van der Waals surface area contributed by atoms with Gasteiger partial charge in [-0.2, -0.15) is 0 Å². The Balaban J connectivity index is 1.65. The third-order valence-corrected chi connectivity index (χ3v) is 6.69. The zero-order valence-electron chi connectivity index (χ0n) is 19.8. The lowest BCUT2D eigenvalue weighted by molar-refractivity contribution is -0.141. The van der Waals surface area contributed by atoms with Gasteiger partial charge in [-0.25, -0.2) is 0 Å². The molecule has 1 saturated carbocycles. The third kappa shape index (κ3) is 6.99. The maximum Gasteiger partial charge on any atom is 0.305 e. The zero-order chi connectivity index (χ0) is 22.8. The van der Waals surface area contributed by atoms with Crippen molar-refractivity contribution in [1.29, 1.82) is 0 Å². The van der Waals surface area contributed by atoms with Crippen molar-refractivity contribution in [3.63, 3.8) is 0 Å². The first-order valence-corrected chi connectivity index (χ1v) is 11.9. The first kappa shape index (κ1) is 24.1. The molecule has 0 heterocycles. The average molecular weight is 439 g/mol. The number of esters is 1. The van der Waals surface area contributed by atoms with Crippen molar-refractivity contribution in [2.75, 3.05) is 32.2 Å². The van der Waals surface area contributed by atoms with Crippen LogP contribution in [0.25, 0.3) is 0 Å². The van der Waals surface area contributed by atoms with Crippen LogP contribution < -0.4 is 15.0 Å². The summed E-state index contributed by atoms with van der Waals surface area (Å²) in [6, 6.07) is 19.8. The summed E-state index contributed by atoms with van der Waals surface area (Å²) in [6.45, 7) is 4.07. The molecule has 0 bridgehead atoms. The second kappa shape index (κ2) is 12.5. The molecular weight excluding hydrogens is 400 g/mol. The first-order chi connectivity index (χ1) is 15.6. The smallest absolute Gasteiger partial charge is 0.305 e. The van der Waals surface area contributed by atoms with E-state index in [-0.39, 0.29) is 5.97 Å². The summed E-state index contributed by atoms with van der Waals surface area (Å²) in [5, 5.41) is 3.69. The molecule has 1 unspecified atom stereocenters. The van der Waals surface area contributed by atoms with E-state index in [2.05, 4.69) is 59.6 Å². The Morgan fingerprint density at radius 2 is 1.84 bits per heavy atom. The number of anilines is 1. The van der Waals surface area contributed by atoms with Crippen LogP contribution in [0, 0.1) is 5.92 Å². The largest absolute Gasteiger partial charge is 0.497 e. The number of hydrogen-bond acceptors (Lipinski definition) is 5. The molecule has 1 N–H and O–H groups in total. The highest BCUT2D eigenvalue weighted by molar-refractivity contribution is 5.69. The lowest BCUT2D eigenvalue weighted by Crippen LogP contribution is -2.43. The number of rotatable bonds is 11. The molecule has 1 fully saturated rings. The van der Waals surface area contributed by atoms with E-state index < -0.39 is 0 Å². The van der Waals surface area contributed by atoms with Crippen LogP contribution >= 0.6 is 0 Å². The van der Waals surface area contributed by atoms with Crippen molar-refractivity contribution in [2.24, 2.45) is 5.92 Å². The van der Waals surface area contributed by atoms with Crippen LogP contribution in [0.5, 0.6) is 5.75 Å². The summed E-state index contributed by atoms with van der Waals surface area (Å²) < 4.78 is 10.2. The SMILES string of the molecule is COC(=O)CC[C@@H]1CCC[C@@H](N(CCNC(C)c2ccccc2)c2ccc(OC)cc2)C1. The van der Waals surface area contributed by atoms with Gasteiger partial charge in [-0.15, -0.1) is 0 Å². The molecule has 3 rings (SSSR count). The van der Waals surface area contributed by atoms with Crippen LogP contribution in [-0.2, 0) is 9.53 Å².